The molecule has 0 bridgehead atoms. The van der Waals surface area contributed by atoms with Crippen molar-refractivity contribution in [1.82, 2.24) is 4.90 Å². The maximum absolute atomic E-state index is 13.6. The summed E-state index contributed by atoms with van der Waals surface area (Å²) in [6.45, 7) is 1.29. The zero-order valence-electron chi connectivity index (χ0n) is 10.0. The molecular weight excluding hydrogens is 255 g/mol. The van der Waals surface area contributed by atoms with Gasteiger partial charge in [-0.15, -0.1) is 0 Å². The molecule has 0 aromatic heterocycles. The highest BCUT2D eigenvalue weighted by molar-refractivity contribution is 6.31. The Morgan fingerprint density at radius 3 is 2.72 bits per heavy atom. The van der Waals surface area contributed by atoms with E-state index >= 15 is 0 Å². The zero-order valence-corrected chi connectivity index (χ0v) is 10.8. The molecule has 0 aliphatic carbocycles. The Kier molecular flexibility index (Phi) is 4.19. The van der Waals surface area contributed by atoms with Crippen LogP contribution in [0.3, 0.4) is 0 Å². The summed E-state index contributed by atoms with van der Waals surface area (Å²) in [5.41, 5.74) is 6.06. The van der Waals surface area contributed by atoms with E-state index in [1.54, 1.807) is 11.0 Å². The van der Waals surface area contributed by atoms with Gasteiger partial charge in [0.15, 0.2) is 0 Å². The fourth-order valence-electron chi connectivity index (χ4n) is 2.11. The van der Waals surface area contributed by atoms with Gasteiger partial charge in [0.2, 0.25) is 5.91 Å². The molecule has 1 aromatic carbocycles. The van der Waals surface area contributed by atoms with Gasteiger partial charge in [-0.2, -0.15) is 0 Å². The second kappa shape index (κ2) is 5.67. The van der Waals surface area contributed by atoms with Crippen LogP contribution in [0, 0.1) is 5.82 Å². The maximum Gasteiger partial charge on any atom is 0.227 e. The molecule has 1 saturated heterocycles. The molecule has 1 aliphatic rings. The Morgan fingerprint density at radius 2 is 2.11 bits per heavy atom. The number of rotatable bonds is 2. The highest BCUT2D eigenvalue weighted by Gasteiger charge is 2.22. The molecule has 5 heteroatoms. The van der Waals surface area contributed by atoms with E-state index in [0.717, 1.165) is 12.8 Å². The number of carbonyl (C=O) groups is 1. The van der Waals surface area contributed by atoms with E-state index in [1.165, 1.54) is 12.1 Å². The third-order valence-electron chi connectivity index (χ3n) is 3.28. The van der Waals surface area contributed by atoms with Gasteiger partial charge in [-0.05, 0) is 25.0 Å². The van der Waals surface area contributed by atoms with Gasteiger partial charge >= 0.3 is 0 Å². The van der Waals surface area contributed by atoms with Crippen LogP contribution in [-0.4, -0.2) is 29.9 Å². The van der Waals surface area contributed by atoms with E-state index in [9.17, 15) is 9.18 Å². The molecule has 1 fully saturated rings. The quantitative estimate of drug-likeness (QED) is 0.893. The molecule has 1 aromatic rings. The van der Waals surface area contributed by atoms with Crippen molar-refractivity contribution >= 4 is 17.5 Å². The number of hydrogen-bond donors (Lipinski definition) is 1. The number of likely N-dealkylation sites (tertiary alicyclic amines) is 1. The van der Waals surface area contributed by atoms with Crippen molar-refractivity contribution in [2.45, 2.75) is 25.3 Å². The van der Waals surface area contributed by atoms with E-state index in [1.807, 2.05) is 0 Å². The lowest BCUT2D eigenvalue weighted by molar-refractivity contribution is -0.131. The number of hydrogen-bond acceptors (Lipinski definition) is 2. The largest absolute Gasteiger partial charge is 0.342 e. The first-order valence-electron chi connectivity index (χ1n) is 6.04. The highest BCUT2D eigenvalue weighted by Crippen LogP contribution is 2.20. The van der Waals surface area contributed by atoms with Gasteiger partial charge in [0, 0.05) is 29.7 Å². The number of benzene rings is 1. The van der Waals surface area contributed by atoms with Crippen LogP contribution in [0.2, 0.25) is 5.02 Å². The van der Waals surface area contributed by atoms with Crippen LogP contribution in [-0.2, 0) is 11.2 Å². The van der Waals surface area contributed by atoms with E-state index in [-0.39, 0.29) is 23.9 Å². The highest BCUT2D eigenvalue weighted by atomic mass is 35.5. The predicted octanol–water partition coefficient (Wildman–Crippen LogP) is 1.97. The number of halogens is 2. The lowest BCUT2D eigenvalue weighted by Gasteiger charge is -2.30. The van der Waals surface area contributed by atoms with Crippen LogP contribution in [0.15, 0.2) is 18.2 Å². The summed E-state index contributed by atoms with van der Waals surface area (Å²) in [5, 5.41) is 0.303. The standard InChI is InChI=1S/C13H16ClFN2O/c14-11-2-1-3-12(15)10(11)8-13(18)17-6-4-9(16)5-7-17/h1-3,9H,4-8,16H2. The molecule has 2 rings (SSSR count). The Bertz CT molecular complexity index is 424. The van der Waals surface area contributed by atoms with E-state index in [0.29, 0.717) is 18.1 Å². The van der Waals surface area contributed by atoms with Gasteiger partial charge in [0.1, 0.15) is 5.82 Å². The molecule has 0 atom stereocenters. The minimum Gasteiger partial charge on any atom is -0.342 e. The van der Waals surface area contributed by atoms with Crippen LogP contribution in [0.4, 0.5) is 4.39 Å². The summed E-state index contributed by atoms with van der Waals surface area (Å²) in [6, 6.07) is 4.62. The number of nitrogens with two attached hydrogens (primary N) is 1. The molecule has 1 aliphatic heterocycles. The Morgan fingerprint density at radius 1 is 1.44 bits per heavy atom. The first kappa shape index (κ1) is 13.3. The van der Waals surface area contributed by atoms with Crippen molar-refractivity contribution in [3.05, 3.63) is 34.6 Å². The molecule has 3 nitrogen and oxygen atoms in total. The average Bonchev–Trinajstić information content (AvgIpc) is 2.34. The van der Waals surface area contributed by atoms with Gasteiger partial charge in [-0.25, -0.2) is 4.39 Å². The Labute approximate surface area is 111 Å². The Balaban J connectivity index is 2.03. The summed E-state index contributed by atoms with van der Waals surface area (Å²) in [5.74, 6) is -0.515. The third kappa shape index (κ3) is 3.00. The molecule has 0 radical (unpaired) electrons. The fraction of sp³-hybridized carbons (Fsp3) is 0.462. The summed E-state index contributed by atoms with van der Waals surface area (Å²) in [4.78, 5) is 13.8. The number of nitrogens with zero attached hydrogens (tertiary/aromatic N) is 1. The molecular formula is C13H16ClFN2O. The third-order valence-corrected chi connectivity index (χ3v) is 3.64. The van der Waals surface area contributed by atoms with Crippen LogP contribution >= 0.6 is 11.6 Å². The molecule has 0 spiro atoms. The molecule has 98 valence electrons. The molecule has 1 amide bonds. The first-order chi connectivity index (χ1) is 8.58. The second-order valence-corrected chi connectivity index (χ2v) is 5.00. The van der Waals surface area contributed by atoms with E-state index in [2.05, 4.69) is 0 Å². The van der Waals surface area contributed by atoms with Crippen LogP contribution in [0.5, 0.6) is 0 Å². The second-order valence-electron chi connectivity index (χ2n) is 4.60. The van der Waals surface area contributed by atoms with Crippen LogP contribution < -0.4 is 5.73 Å². The topological polar surface area (TPSA) is 46.3 Å². The summed E-state index contributed by atoms with van der Waals surface area (Å²) < 4.78 is 13.6. The zero-order chi connectivity index (χ0) is 13.1. The normalized spacial score (nSPS) is 16.9. The minimum atomic E-state index is -0.426. The predicted molar refractivity (Wildman–Crippen MR) is 68.9 cm³/mol. The van der Waals surface area contributed by atoms with Crippen molar-refractivity contribution in [1.29, 1.82) is 0 Å². The monoisotopic (exact) mass is 270 g/mol. The van der Waals surface area contributed by atoms with Crippen molar-refractivity contribution in [2.75, 3.05) is 13.1 Å². The molecule has 18 heavy (non-hydrogen) atoms. The number of piperidine rings is 1. The van der Waals surface area contributed by atoms with Gasteiger partial charge in [-0.3, -0.25) is 4.79 Å². The molecule has 2 N–H and O–H groups in total. The van der Waals surface area contributed by atoms with Gasteiger partial charge in [-0.1, -0.05) is 17.7 Å². The number of carbonyl (C=O) groups excluding carboxylic acids is 1. The summed E-state index contributed by atoms with van der Waals surface area (Å²) >= 11 is 5.90. The Hall–Kier alpha value is -1.13. The fourth-order valence-corrected chi connectivity index (χ4v) is 2.34. The maximum atomic E-state index is 13.6. The summed E-state index contributed by atoms with van der Waals surface area (Å²) in [6.07, 6.45) is 1.62. The average molecular weight is 271 g/mol. The summed E-state index contributed by atoms with van der Waals surface area (Å²) in [7, 11) is 0. The molecule has 0 saturated carbocycles. The first-order valence-corrected chi connectivity index (χ1v) is 6.42. The van der Waals surface area contributed by atoms with E-state index in [4.69, 9.17) is 17.3 Å². The van der Waals surface area contributed by atoms with Crippen LogP contribution in [0.1, 0.15) is 18.4 Å². The van der Waals surface area contributed by atoms with E-state index < -0.39 is 5.82 Å². The smallest absolute Gasteiger partial charge is 0.227 e. The van der Waals surface area contributed by atoms with Crippen molar-refractivity contribution in [2.24, 2.45) is 5.73 Å². The number of amides is 1. The lowest BCUT2D eigenvalue weighted by atomic mass is 10.0. The van der Waals surface area contributed by atoms with Gasteiger partial charge < -0.3 is 10.6 Å². The molecule has 0 unspecified atom stereocenters. The lowest BCUT2D eigenvalue weighted by Crippen LogP contribution is -2.43. The van der Waals surface area contributed by atoms with Gasteiger partial charge in [0.25, 0.3) is 0 Å². The van der Waals surface area contributed by atoms with Gasteiger partial charge in [0.05, 0.1) is 6.42 Å². The SMILES string of the molecule is NC1CCN(C(=O)Cc2c(F)cccc2Cl)CC1. The van der Waals surface area contributed by atoms with Crippen LogP contribution in [0.25, 0.3) is 0 Å². The molecule has 1 heterocycles. The van der Waals surface area contributed by atoms with Crippen molar-refractivity contribution in [3.63, 3.8) is 0 Å². The van der Waals surface area contributed by atoms with Crippen molar-refractivity contribution < 1.29 is 9.18 Å². The minimum absolute atomic E-state index is 0.0146. The van der Waals surface area contributed by atoms with Crippen molar-refractivity contribution in [3.8, 4) is 0 Å².